The Kier molecular flexibility index (Phi) is 9.67. The van der Waals surface area contributed by atoms with Gasteiger partial charge in [-0.3, -0.25) is 14.2 Å². The molecule has 0 radical (unpaired) electrons. The molecule has 1 saturated heterocycles. The van der Waals surface area contributed by atoms with Crippen molar-refractivity contribution in [3.63, 3.8) is 0 Å². The number of alkyl halides is 3. The first-order chi connectivity index (χ1) is 22.6. The highest BCUT2D eigenvalue weighted by Crippen LogP contribution is 2.39. The van der Waals surface area contributed by atoms with Crippen LogP contribution in [0, 0.1) is 18.6 Å². The van der Waals surface area contributed by atoms with Crippen LogP contribution in [-0.2, 0) is 41.2 Å². The fourth-order valence-electron chi connectivity index (χ4n) is 6.09. The van der Waals surface area contributed by atoms with Gasteiger partial charge < -0.3 is 29.0 Å². The summed E-state index contributed by atoms with van der Waals surface area (Å²) in [7, 11) is 3.96. The Morgan fingerprint density at radius 2 is 1.77 bits per heavy atom. The van der Waals surface area contributed by atoms with Gasteiger partial charge in [0.2, 0.25) is 0 Å². The summed E-state index contributed by atoms with van der Waals surface area (Å²) in [5, 5.41) is 2.30. The molecule has 1 N–H and O–H groups in total. The van der Waals surface area contributed by atoms with Crippen LogP contribution in [0.5, 0.6) is 5.75 Å². The van der Waals surface area contributed by atoms with Crippen molar-refractivity contribution in [2.45, 2.75) is 44.4 Å². The Morgan fingerprint density at radius 1 is 1.08 bits per heavy atom. The third-order valence-corrected chi connectivity index (χ3v) is 8.71. The highest BCUT2D eigenvalue weighted by atomic mass is 19.4. The number of carbonyl (C=O) groups excluding carboxylic acids is 2. The summed E-state index contributed by atoms with van der Waals surface area (Å²) < 4.78 is 89.3. The largest absolute Gasteiger partial charge is 0.493 e. The quantitative estimate of drug-likeness (QED) is 0.299. The lowest BCUT2D eigenvalue weighted by atomic mass is 9.90. The van der Waals surface area contributed by atoms with E-state index in [-0.39, 0.29) is 25.1 Å². The maximum atomic E-state index is 15.3. The molecule has 1 amide bonds. The van der Waals surface area contributed by atoms with E-state index in [0.717, 1.165) is 16.6 Å². The summed E-state index contributed by atoms with van der Waals surface area (Å²) in [6, 6.07) is 0.904. The van der Waals surface area contributed by atoms with Crippen LogP contribution in [0.2, 0.25) is 0 Å². The van der Waals surface area contributed by atoms with Crippen molar-refractivity contribution in [1.29, 1.82) is 0 Å². The lowest BCUT2D eigenvalue weighted by molar-refractivity contribution is -0.167. The van der Waals surface area contributed by atoms with E-state index >= 15 is 8.78 Å². The van der Waals surface area contributed by atoms with E-state index < -0.39 is 70.9 Å². The average Bonchev–Trinajstić information content (AvgIpc) is 3.05. The number of anilines is 1. The Bertz CT molecular complexity index is 1870. The van der Waals surface area contributed by atoms with Crippen LogP contribution in [0.1, 0.15) is 33.6 Å². The Balaban J connectivity index is 1.47. The van der Waals surface area contributed by atoms with Crippen LogP contribution >= 0.6 is 0 Å². The number of amides is 1. The van der Waals surface area contributed by atoms with Gasteiger partial charge in [-0.1, -0.05) is 12.1 Å². The van der Waals surface area contributed by atoms with Crippen molar-refractivity contribution in [3.05, 3.63) is 79.1 Å². The minimum atomic E-state index is -4.74. The Hall–Kier alpha value is -4.73. The van der Waals surface area contributed by atoms with Crippen molar-refractivity contribution in [2.24, 2.45) is 14.1 Å². The predicted octanol–water partition coefficient (Wildman–Crippen LogP) is 2.94. The van der Waals surface area contributed by atoms with Crippen molar-refractivity contribution in [2.75, 3.05) is 38.4 Å². The number of hydrogen-bond acceptors (Lipinski definition) is 8. The maximum Gasteiger partial charge on any atom is 0.411 e. The van der Waals surface area contributed by atoms with Crippen molar-refractivity contribution in [1.82, 2.24) is 14.5 Å². The van der Waals surface area contributed by atoms with Gasteiger partial charge in [-0.25, -0.2) is 18.4 Å². The molecule has 3 heterocycles. The minimum Gasteiger partial charge on any atom is -0.493 e. The fraction of sp³-hybridized carbons (Fsp3) is 0.438. The molecule has 5 rings (SSSR count). The number of esters is 1. The highest BCUT2D eigenvalue weighted by Gasteiger charge is 2.46. The zero-order valence-corrected chi connectivity index (χ0v) is 26.5. The van der Waals surface area contributed by atoms with E-state index in [1.807, 2.05) is 0 Å². The number of aromatic nitrogens is 2. The number of methoxy groups -OCH3 is 1. The first-order valence-electron chi connectivity index (χ1n) is 15.0. The zero-order valence-electron chi connectivity index (χ0n) is 26.5. The number of halogens is 5. The first kappa shape index (κ1) is 34.6. The molecule has 11 nitrogen and oxygen atoms in total. The highest BCUT2D eigenvalue weighted by molar-refractivity contribution is 5.97. The number of nitrogens with zero attached hydrogens (tertiary/aromatic N) is 3. The maximum absolute atomic E-state index is 15.3. The first-order valence-corrected chi connectivity index (χ1v) is 15.0. The van der Waals surface area contributed by atoms with E-state index in [0.29, 0.717) is 59.7 Å². The number of nitrogens with one attached hydrogen (secondary N) is 1. The molecule has 258 valence electrons. The molecule has 2 aromatic carbocycles. The number of morpholine rings is 1. The second kappa shape index (κ2) is 13.4. The van der Waals surface area contributed by atoms with Gasteiger partial charge >= 0.3 is 17.8 Å². The number of ether oxygens (including phenoxy) is 3. The molecule has 0 spiro atoms. The van der Waals surface area contributed by atoms with Crippen LogP contribution in [0.15, 0.2) is 33.9 Å². The second-order valence-corrected chi connectivity index (χ2v) is 11.6. The molecular weight excluding hydrogens is 647 g/mol. The summed E-state index contributed by atoms with van der Waals surface area (Å²) in [5.41, 5.74) is -0.319. The van der Waals surface area contributed by atoms with Gasteiger partial charge in [0.1, 0.15) is 35.0 Å². The molecule has 0 bridgehead atoms. The third kappa shape index (κ3) is 6.40. The Morgan fingerprint density at radius 3 is 2.42 bits per heavy atom. The van der Waals surface area contributed by atoms with Crippen LogP contribution in [0.3, 0.4) is 0 Å². The van der Waals surface area contributed by atoms with Gasteiger partial charge in [-0.05, 0) is 43.0 Å². The molecule has 2 atom stereocenters. The smallest absolute Gasteiger partial charge is 0.411 e. The molecule has 0 aliphatic carbocycles. The van der Waals surface area contributed by atoms with E-state index in [1.54, 1.807) is 19.1 Å². The average molecular weight is 681 g/mol. The van der Waals surface area contributed by atoms with Crippen LogP contribution in [-0.4, -0.2) is 72.7 Å². The molecule has 0 unspecified atom stereocenters. The lowest BCUT2D eigenvalue weighted by Gasteiger charge is -2.38. The van der Waals surface area contributed by atoms with Crippen molar-refractivity contribution in [3.8, 4) is 16.9 Å². The van der Waals surface area contributed by atoms with E-state index in [1.165, 1.54) is 18.7 Å². The van der Waals surface area contributed by atoms with Gasteiger partial charge in [0.05, 0.1) is 32.5 Å². The monoisotopic (exact) mass is 680 g/mol. The fourth-order valence-corrected chi connectivity index (χ4v) is 6.09. The Labute approximate surface area is 270 Å². The molecular formula is C32H33F5N4O7. The second-order valence-electron chi connectivity index (χ2n) is 11.6. The number of hydrogen-bond donors (Lipinski definition) is 1. The van der Waals surface area contributed by atoms with Gasteiger partial charge in [0, 0.05) is 44.0 Å². The SMILES string of the molecule is COC(=O)[C@H](Cc1ccc(-c2c(C)n(C)c(=O)n(C)c2=O)c2c1CCCO2)NC(=O)c1c(F)cc(N2CCOC[C@@H]2C(F)(F)F)cc1F. The van der Waals surface area contributed by atoms with Crippen LogP contribution in [0.25, 0.3) is 11.1 Å². The number of carbonyl (C=O) groups is 2. The molecule has 2 aliphatic rings. The van der Waals surface area contributed by atoms with Gasteiger partial charge in [-0.2, -0.15) is 13.2 Å². The molecule has 0 saturated carbocycles. The van der Waals surface area contributed by atoms with Gasteiger partial charge in [0.25, 0.3) is 11.5 Å². The van der Waals surface area contributed by atoms with Gasteiger partial charge in [-0.15, -0.1) is 0 Å². The zero-order chi connectivity index (χ0) is 35.1. The molecule has 48 heavy (non-hydrogen) atoms. The van der Waals surface area contributed by atoms with E-state index in [2.05, 4.69) is 5.32 Å². The minimum absolute atomic E-state index is 0.101. The topological polar surface area (TPSA) is 121 Å². The van der Waals surface area contributed by atoms with Crippen molar-refractivity contribution < 1.29 is 45.8 Å². The summed E-state index contributed by atoms with van der Waals surface area (Å²) >= 11 is 0. The number of benzene rings is 2. The standard InChI is InChI=1S/C32H33F5N4O7/c1-16-25(29(43)40(3)31(45)39(16)2)20-8-7-17(19-6-5-10-48-27(19)20)12-23(30(44)46-4)38-28(42)26-21(33)13-18(14-22(26)34)41-9-11-47-15-24(41)32(35,36)37/h7-8,13-14,23-24H,5-6,9-12,15H2,1-4H3,(H,38,42)/t23-,24+/m0/s1. The van der Waals surface area contributed by atoms with Crippen LogP contribution in [0.4, 0.5) is 27.6 Å². The number of fused-ring (bicyclic) bond motifs is 1. The molecule has 3 aromatic rings. The van der Waals surface area contributed by atoms with E-state index in [9.17, 15) is 32.3 Å². The normalized spacial score (nSPS) is 16.9. The predicted molar refractivity (Wildman–Crippen MR) is 162 cm³/mol. The van der Waals surface area contributed by atoms with Crippen LogP contribution < -0.4 is 26.2 Å². The summed E-state index contributed by atoms with van der Waals surface area (Å²) in [6.45, 7) is 0.837. The van der Waals surface area contributed by atoms with E-state index in [4.69, 9.17) is 14.2 Å². The van der Waals surface area contributed by atoms with Gasteiger partial charge in [0.15, 0.2) is 0 Å². The number of rotatable bonds is 7. The summed E-state index contributed by atoms with van der Waals surface area (Å²) in [6.07, 6.45) is -3.88. The molecule has 16 heteroatoms. The lowest BCUT2D eigenvalue weighted by Crippen LogP contribution is -2.53. The molecule has 2 aliphatic heterocycles. The summed E-state index contributed by atoms with van der Waals surface area (Å²) in [5.74, 6) is -4.75. The molecule has 1 aromatic heterocycles. The molecule has 1 fully saturated rings. The summed E-state index contributed by atoms with van der Waals surface area (Å²) in [4.78, 5) is 52.4. The van der Waals surface area contributed by atoms with Crippen molar-refractivity contribution >= 4 is 17.6 Å². The third-order valence-electron chi connectivity index (χ3n) is 8.71.